The molecule has 112 valence electrons. The number of aromatic nitrogens is 2. The van der Waals surface area contributed by atoms with E-state index < -0.39 is 0 Å². The Morgan fingerprint density at radius 1 is 1.43 bits per heavy atom. The molecule has 1 aromatic carbocycles. The van der Waals surface area contributed by atoms with E-state index in [-0.39, 0.29) is 5.91 Å². The summed E-state index contributed by atoms with van der Waals surface area (Å²) in [5.74, 6) is 0.0184. The summed E-state index contributed by atoms with van der Waals surface area (Å²) in [4.78, 5) is 14.5. The Bertz CT molecular complexity index is 633. The van der Waals surface area contributed by atoms with Gasteiger partial charge in [0, 0.05) is 32.0 Å². The topological polar surface area (TPSA) is 64.2 Å². The standard InChI is InChI=1S/C16H22N4O/c1-4-8-20(10-13-6-5-7-14(17)9-13)16(21)15-11-19(3)18-12(15)2/h5-7,9,11H,4,8,10,17H2,1-3H3. The van der Waals surface area contributed by atoms with Crippen LogP contribution in [0.4, 0.5) is 5.69 Å². The summed E-state index contributed by atoms with van der Waals surface area (Å²) in [6.07, 6.45) is 2.69. The van der Waals surface area contributed by atoms with E-state index in [9.17, 15) is 4.79 Å². The molecule has 0 aliphatic heterocycles. The second-order valence-electron chi connectivity index (χ2n) is 5.27. The molecule has 1 heterocycles. The van der Waals surface area contributed by atoms with E-state index in [4.69, 9.17) is 5.73 Å². The van der Waals surface area contributed by atoms with Crippen LogP contribution in [0.25, 0.3) is 0 Å². The molecule has 0 aliphatic rings. The summed E-state index contributed by atoms with van der Waals surface area (Å²) in [6, 6.07) is 7.66. The predicted molar refractivity (Wildman–Crippen MR) is 83.8 cm³/mol. The normalized spacial score (nSPS) is 10.6. The Morgan fingerprint density at radius 2 is 2.19 bits per heavy atom. The Labute approximate surface area is 125 Å². The minimum atomic E-state index is 0.0184. The molecule has 0 saturated heterocycles. The number of benzene rings is 1. The molecule has 5 heteroatoms. The van der Waals surface area contributed by atoms with Crippen LogP contribution in [0.3, 0.4) is 0 Å². The van der Waals surface area contributed by atoms with Crippen LogP contribution < -0.4 is 5.73 Å². The van der Waals surface area contributed by atoms with Crippen molar-refractivity contribution < 1.29 is 4.79 Å². The second-order valence-corrected chi connectivity index (χ2v) is 5.27. The van der Waals surface area contributed by atoms with Crippen molar-refractivity contribution in [2.45, 2.75) is 26.8 Å². The monoisotopic (exact) mass is 286 g/mol. The van der Waals surface area contributed by atoms with Gasteiger partial charge < -0.3 is 10.6 Å². The van der Waals surface area contributed by atoms with Crippen LogP contribution in [-0.4, -0.2) is 27.1 Å². The van der Waals surface area contributed by atoms with Gasteiger partial charge >= 0.3 is 0 Å². The third-order valence-electron chi connectivity index (χ3n) is 3.35. The average Bonchev–Trinajstić information content (AvgIpc) is 2.76. The molecule has 5 nitrogen and oxygen atoms in total. The molecule has 0 radical (unpaired) electrons. The third kappa shape index (κ3) is 3.62. The molecule has 0 unspecified atom stereocenters. The molecule has 0 bridgehead atoms. The van der Waals surface area contributed by atoms with E-state index in [1.807, 2.05) is 43.1 Å². The van der Waals surface area contributed by atoms with Gasteiger partial charge in [0.05, 0.1) is 11.3 Å². The fourth-order valence-corrected chi connectivity index (χ4v) is 2.41. The smallest absolute Gasteiger partial charge is 0.257 e. The van der Waals surface area contributed by atoms with Crippen molar-refractivity contribution in [1.82, 2.24) is 14.7 Å². The molecular formula is C16H22N4O. The van der Waals surface area contributed by atoms with E-state index in [2.05, 4.69) is 12.0 Å². The molecule has 1 amide bonds. The first kappa shape index (κ1) is 15.1. The highest BCUT2D eigenvalue weighted by atomic mass is 16.2. The van der Waals surface area contributed by atoms with E-state index >= 15 is 0 Å². The van der Waals surface area contributed by atoms with Gasteiger partial charge in [0.25, 0.3) is 5.91 Å². The summed E-state index contributed by atoms with van der Waals surface area (Å²) in [7, 11) is 1.83. The quantitative estimate of drug-likeness (QED) is 0.858. The lowest BCUT2D eigenvalue weighted by Crippen LogP contribution is -2.31. The van der Waals surface area contributed by atoms with Crippen LogP contribution in [0.1, 0.15) is 35.0 Å². The SMILES string of the molecule is CCCN(Cc1cccc(N)c1)C(=O)c1cn(C)nc1C. The minimum absolute atomic E-state index is 0.0184. The Balaban J connectivity index is 2.22. The van der Waals surface area contributed by atoms with Crippen molar-refractivity contribution in [2.75, 3.05) is 12.3 Å². The molecule has 0 atom stereocenters. The number of nitrogens with zero attached hydrogens (tertiary/aromatic N) is 3. The molecule has 0 aliphatic carbocycles. The van der Waals surface area contributed by atoms with E-state index in [1.165, 1.54) is 0 Å². The van der Waals surface area contributed by atoms with Gasteiger partial charge in [-0.3, -0.25) is 9.48 Å². The van der Waals surface area contributed by atoms with Crippen molar-refractivity contribution >= 4 is 11.6 Å². The minimum Gasteiger partial charge on any atom is -0.399 e. The lowest BCUT2D eigenvalue weighted by molar-refractivity contribution is 0.0742. The fourth-order valence-electron chi connectivity index (χ4n) is 2.41. The maximum Gasteiger partial charge on any atom is 0.257 e. The Hall–Kier alpha value is -2.30. The number of amides is 1. The number of hydrogen-bond acceptors (Lipinski definition) is 3. The highest BCUT2D eigenvalue weighted by Crippen LogP contribution is 2.14. The molecule has 0 fully saturated rings. The van der Waals surface area contributed by atoms with Gasteiger partial charge in [0.1, 0.15) is 0 Å². The second kappa shape index (κ2) is 6.43. The zero-order valence-electron chi connectivity index (χ0n) is 12.8. The predicted octanol–water partition coefficient (Wildman–Crippen LogP) is 2.36. The van der Waals surface area contributed by atoms with E-state index in [0.717, 1.165) is 17.7 Å². The fraction of sp³-hybridized carbons (Fsp3) is 0.375. The van der Waals surface area contributed by atoms with E-state index in [1.54, 1.807) is 10.9 Å². The molecular weight excluding hydrogens is 264 g/mol. The molecule has 2 rings (SSSR count). The van der Waals surface area contributed by atoms with Crippen LogP contribution in [0, 0.1) is 6.92 Å². The Kier molecular flexibility index (Phi) is 4.62. The molecule has 2 N–H and O–H groups in total. The number of carbonyl (C=O) groups excluding carboxylic acids is 1. The maximum atomic E-state index is 12.7. The molecule has 0 saturated carbocycles. The number of carbonyl (C=O) groups is 1. The number of nitrogen functional groups attached to an aromatic ring is 1. The molecule has 2 aromatic rings. The number of hydrogen-bond donors (Lipinski definition) is 1. The number of aryl methyl sites for hydroxylation is 2. The van der Waals surface area contributed by atoms with Crippen LogP contribution in [0.2, 0.25) is 0 Å². The molecule has 21 heavy (non-hydrogen) atoms. The van der Waals surface area contributed by atoms with Crippen molar-refractivity contribution in [3.8, 4) is 0 Å². The van der Waals surface area contributed by atoms with Crippen LogP contribution in [0.5, 0.6) is 0 Å². The summed E-state index contributed by atoms with van der Waals surface area (Å²) >= 11 is 0. The number of nitrogens with two attached hydrogens (primary N) is 1. The van der Waals surface area contributed by atoms with Crippen LogP contribution in [0.15, 0.2) is 30.5 Å². The summed E-state index contributed by atoms with van der Waals surface area (Å²) in [5, 5.41) is 4.24. The van der Waals surface area contributed by atoms with Gasteiger partial charge in [-0.2, -0.15) is 5.10 Å². The van der Waals surface area contributed by atoms with Gasteiger partial charge in [-0.05, 0) is 31.0 Å². The van der Waals surface area contributed by atoms with Crippen molar-refractivity contribution in [2.24, 2.45) is 7.05 Å². The van der Waals surface area contributed by atoms with Crippen LogP contribution >= 0.6 is 0 Å². The van der Waals surface area contributed by atoms with Gasteiger partial charge in [-0.1, -0.05) is 19.1 Å². The first-order valence-electron chi connectivity index (χ1n) is 7.15. The summed E-state index contributed by atoms with van der Waals surface area (Å²) in [5.41, 5.74) is 8.99. The molecule has 0 spiro atoms. The molecule has 1 aromatic heterocycles. The summed E-state index contributed by atoms with van der Waals surface area (Å²) in [6.45, 7) is 5.20. The highest BCUT2D eigenvalue weighted by Gasteiger charge is 2.19. The zero-order chi connectivity index (χ0) is 15.4. The van der Waals surface area contributed by atoms with Crippen molar-refractivity contribution in [1.29, 1.82) is 0 Å². The van der Waals surface area contributed by atoms with Gasteiger partial charge in [-0.25, -0.2) is 0 Å². The zero-order valence-corrected chi connectivity index (χ0v) is 12.8. The highest BCUT2D eigenvalue weighted by molar-refractivity contribution is 5.95. The van der Waals surface area contributed by atoms with E-state index in [0.29, 0.717) is 24.3 Å². The maximum absolute atomic E-state index is 12.7. The Morgan fingerprint density at radius 3 is 2.76 bits per heavy atom. The van der Waals surface area contributed by atoms with Crippen molar-refractivity contribution in [3.63, 3.8) is 0 Å². The average molecular weight is 286 g/mol. The van der Waals surface area contributed by atoms with Crippen LogP contribution in [-0.2, 0) is 13.6 Å². The largest absolute Gasteiger partial charge is 0.399 e. The third-order valence-corrected chi connectivity index (χ3v) is 3.35. The summed E-state index contributed by atoms with van der Waals surface area (Å²) < 4.78 is 1.67. The lowest BCUT2D eigenvalue weighted by atomic mass is 10.1. The van der Waals surface area contributed by atoms with Gasteiger partial charge in [0.15, 0.2) is 0 Å². The first-order valence-corrected chi connectivity index (χ1v) is 7.15. The number of anilines is 1. The lowest BCUT2D eigenvalue weighted by Gasteiger charge is -2.22. The van der Waals surface area contributed by atoms with Crippen molar-refractivity contribution in [3.05, 3.63) is 47.3 Å². The first-order chi connectivity index (χ1) is 10.0. The van der Waals surface area contributed by atoms with Gasteiger partial charge in [-0.15, -0.1) is 0 Å². The number of rotatable bonds is 5. The van der Waals surface area contributed by atoms with Gasteiger partial charge in [0.2, 0.25) is 0 Å².